The molecule has 0 saturated carbocycles. The van der Waals surface area contributed by atoms with Gasteiger partial charge in [0.15, 0.2) is 0 Å². The Balaban J connectivity index is 1.12. The van der Waals surface area contributed by atoms with E-state index >= 15 is 0 Å². The molecular formula is C55H34S. The zero-order valence-electron chi connectivity index (χ0n) is 30.5. The fourth-order valence-corrected chi connectivity index (χ4v) is 10.9. The van der Waals surface area contributed by atoms with Crippen LogP contribution in [0.15, 0.2) is 206 Å². The maximum Gasteiger partial charge on any atom is 0.0714 e. The zero-order valence-corrected chi connectivity index (χ0v) is 31.4. The lowest BCUT2D eigenvalue weighted by atomic mass is 9.67. The number of benzene rings is 10. The van der Waals surface area contributed by atoms with E-state index in [-0.39, 0.29) is 0 Å². The number of hydrogen-bond acceptors (Lipinski definition) is 1. The van der Waals surface area contributed by atoms with E-state index in [2.05, 4.69) is 206 Å². The third-order valence-corrected chi connectivity index (χ3v) is 13.5. The average Bonchev–Trinajstić information content (AvgIpc) is 3.79. The summed E-state index contributed by atoms with van der Waals surface area (Å²) in [7, 11) is 0. The molecule has 0 N–H and O–H groups in total. The van der Waals surface area contributed by atoms with E-state index in [0.717, 1.165) is 0 Å². The average molecular weight is 727 g/mol. The molecule has 1 heteroatoms. The van der Waals surface area contributed by atoms with Gasteiger partial charge in [0, 0.05) is 20.2 Å². The number of rotatable bonds is 4. The van der Waals surface area contributed by atoms with E-state index in [0.29, 0.717) is 0 Å². The van der Waals surface area contributed by atoms with Gasteiger partial charge in [-0.25, -0.2) is 0 Å². The van der Waals surface area contributed by atoms with Gasteiger partial charge in [0.05, 0.1) is 5.41 Å². The normalized spacial score (nSPS) is 14.9. The molecule has 0 aliphatic heterocycles. The summed E-state index contributed by atoms with van der Waals surface area (Å²) >= 11 is 1.88. The summed E-state index contributed by atoms with van der Waals surface area (Å²) < 4.78 is 2.63. The molecule has 0 nitrogen and oxygen atoms in total. The number of thiophene rings is 1. The van der Waals surface area contributed by atoms with Gasteiger partial charge in [-0.1, -0.05) is 170 Å². The maximum absolute atomic E-state index is 2.50. The standard InChI is InChI=1S/C55H34S/c1-3-13-35(14-4-1)36-25-29-53-49(32-36)50-34-40(26-30-54(50)56-53)55(39-15-5-2-6-16-39)51-22-12-11-21-46(51)47-28-24-38(33-52(47)55)37-23-27-45-43-19-8-7-17-41(43)42-18-9-10-20-44(42)48(45)31-37/h1-34H. The van der Waals surface area contributed by atoms with Crippen LogP contribution in [-0.4, -0.2) is 0 Å². The molecule has 1 unspecified atom stereocenters. The van der Waals surface area contributed by atoms with Gasteiger partial charge in [0.2, 0.25) is 0 Å². The van der Waals surface area contributed by atoms with Crippen molar-refractivity contribution in [1.29, 1.82) is 0 Å². The Morgan fingerprint density at radius 3 is 1.52 bits per heavy atom. The molecule has 12 rings (SSSR count). The van der Waals surface area contributed by atoms with Crippen LogP contribution in [-0.2, 0) is 5.41 Å². The molecule has 0 spiro atoms. The Hall–Kier alpha value is -6.80. The molecule has 0 bridgehead atoms. The van der Waals surface area contributed by atoms with Crippen molar-refractivity contribution in [3.05, 3.63) is 229 Å². The Morgan fingerprint density at radius 2 is 0.768 bits per heavy atom. The smallest absolute Gasteiger partial charge is 0.0714 e. The maximum atomic E-state index is 2.50. The highest BCUT2D eigenvalue weighted by molar-refractivity contribution is 7.25. The Morgan fingerprint density at radius 1 is 0.268 bits per heavy atom. The van der Waals surface area contributed by atoms with Gasteiger partial charge >= 0.3 is 0 Å². The monoisotopic (exact) mass is 726 g/mol. The summed E-state index contributed by atoms with van der Waals surface area (Å²) in [6.07, 6.45) is 0. The van der Waals surface area contributed by atoms with E-state index in [1.54, 1.807) is 0 Å². The second-order valence-corrected chi connectivity index (χ2v) is 16.2. The minimum absolute atomic E-state index is 0.511. The lowest BCUT2D eigenvalue weighted by molar-refractivity contribution is 0.770. The topological polar surface area (TPSA) is 0 Å². The van der Waals surface area contributed by atoms with E-state index in [1.165, 1.54) is 108 Å². The SMILES string of the molecule is c1ccc(-c2ccc3sc4ccc(C5(c6ccccc6)c6ccccc6-c6ccc(-c7ccc8c9ccccc9c9ccccc9c8c7)cc65)cc4c3c2)cc1. The lowest BCUT2D eigenvalue weighted by Crippen LogP contribution is -2.28. The molecule has 0 amide bonds. The fourth-order valence-electron chi connectivity index (χ4n) is 9.84. The quantitative estimate of drug-likeness (QED) is 0.158. The summed E-state index contributed by atoms with van der Waals surface area (Å²) in [4.78, 5) is 0. The third-order valence-electron chi connectivity index (χ3n) is 12.3. The van der Waals surface area contributed by atoms with Crippen molar-refractivity contribution in [2.75, 3.05) is 0 Å². The summed E-state index contributed by atoms with van der Waals surface area (Å²) in [6, 6.07) is 77.2. The molecule has 0 fully saturated rings. The molecule has 1 heterocycles. The molecule has 0 saturated heterocycles. The van der Waals surface area contributed by atoms with Crippen LogP contribution in [0.2, 0.25) is 0 Å². The number of fused-ring (bicyclic) bond motifs is 12. The van der Waals surface area contributed by atoms with Crippen molar-refractivity contribution in [2.24, 2.45) is 0 Å². The third kappa shape index (κ3) is 4.47. The van der Waals surface area contributed by atoms with Crippen LogP contribution >= 0.6 is 11.3 Å². The lowest BCUT2D eigenvalue weighted by Gasteiger charge is -2.34. The molecule has 1 aliphatic carbocycles. The van der Waals surface area contributed by atoms with Crippen molar-refractivity contribution in [3.8, 4) is 33.4 Å². The highest BCUT2D eigenvalue weighted by Crippen LogP contribution is 2.57. The first kappa shape index (κ1) is 31.5. The van der Waals surface area contributed by atoms with Gasteiger partial charge in [0.25, 0.3) is 0 Å². The van der Waals surface area contributed by atoms with Gasteiger partial charge in [-0.2, -0.15) is 0 Å². The van der Waals surface area contributed by atoms with E-state index in [1.807, 2.05) is 11.3 Å². The summed E-state index contributed by atoms with van der Waals surface area (Å²) in [6.45, 7) is 0. The molecule has 0 radical (unpaired) electrons. The fraction of sp³-hybridized carbons (Fsp3) is 0.0182. The molecule has 56 heavy (non-hydrogen) atoms. The first-order chi connectivity index (χ1) is 27.8. The predicted octanol–water partition coefficient (Wildman–Crippen LogP) is 15.2. The second-order valence-electron chi connectivity index (χ2n) is 15.2. The van der Waals surface area contributed by atoms with Gasteiger partial charge in [-0.15, -0.1) is 11.3 Å². The first-order valence-electron chi connectivity index (χ1n) is 19.4. The van der Waals surface area contributed by atoms with Crippen molar-refractivity contribution >= 4 is 63.8 Å². The van der Waals surface area contributed by atoms with Crippen molar-refractivity contribution in [1.82, 2.24) is 0 Å². The van der Waals surface area contributed by atoms with Crippen molar-refractivity contribution < 1.29 is 0 Å². The Kier molecular flexibility index (Phi) is 6.82. The van der Waals surface area contributed by atoms with E-state index in [9.17, 15) is 0 Å². The molecular weight excluding hydrogens is 693 g/mol. The van der Waals surface area contributed by atoms with Crippen LogP contribution in [0.5, 0.6) is 0 Å². The van der Waals surface area contributed by atoms with Crippen LogP contribution in [0.3, 0.4) is 0 Å². The largest absolute Gasteiger partial charge is 0.135 e. The van der Waals surface area contributed by atoms with Crippen LogP contribution in [0.1, 0.15) is 22.3 Å². The van der Waals surface area contributed by atoms with E-state index < -0.39 is 5.41 Å². The zero-order chi connectivity index (χ0) is 36.8. The van der Waals surface area contributed by atoms with Crippen molar-refractivity contribution in [2.45, 2.75) is 5.41 Å². The molecule has 11 aromatic rings. The molecule has 260 valence electrons. The van der Waals surface area contributed by atoms with E-state index in [4.69, 9.17) is 0 Å². The van der Waals surface area contributed by atoms with Gasteiger partial charge in [-0.05, 0) is 124 Å². The second kappa shape index (κ2) is 12.1. The van der Waals surface area contributed by atoms with Gasteiger partial charge in [0.1, 0.15) is 0 Å². The van der Waals surface area contributed by atoms with Crippen LogP contribution in [0.25, 0.3) is 85.9 Å². The summed E-state index contributed by atoms with van der Waals surface area (Å²) in [5, 5.41) is 10.4. The van der Waals surface area contributed by atoms with Crippen LogP contribution < -0.4 is 0 Å². The highest BCUT2D eigenvalue weighted by atomic mass is 32.1. The van der Waals surface area contributed by atoms with Gasteiger partial charge in [-0.3, -0.25) is 0 Å². The molecule has 1 aromatic heterocycles. The Bertz CT molecular complexity index is 3320. The minimum Gasteiger partial charge on any atom is -0.135 e. The summed E-state index contributed by atoms with van der Waals surface area (Å²) in [5.74, 6) is 0. The minimum atomic E-state index is -0.511. The molecule has 1 atom stereocenters. The predicted molar refractivity (Wildman–Crippen MR) is 240 cm³/mol. The first-order valence-corrected chi connectivity index (χ1v) is 20.2. The molecule has 10 aromatic carbocycles. The van der Waals surface area contributed by atoms with Crippen LogP contribution in [0, 0.1) is 0 Å². The molecule has 1 aliphatic rings. The van der Waals surface area contributed by atoms with Crippen molar-refractivity contribution in [3.63, 3.8) is 0 Å². The van der Waals surface area contributed by atoms with Crippen LogP contribution in [0.4, 0.5) is 0 Å². The van der Waals surface area contributed by atoms with Gasteiger partial charge < -0.3 is 0 Å². The highest BCUT2D eigenvalue weighted by Gasteiger charge is 2.46. The number of hydrogen-bond donors (Lipinski definition) is 0. The Labute approximate surface area is 329 Å². The summed E-state index contributed by atoms with van der Waals surface area (Å²) in [5.41, 5.74) is 12.3.